The maximum absolute atomic E-state index is 9.99. The molecule has 0 radical (unpaired) electrons. The lowest BCUT2D eigenvalue weighted by atomic mass is 9.99. The predicted octanol–water partition coefficient (Wildman–Crippen LogP) is 2.75. The fourth-order valence-electron chi connectivity index (χ4n) is 4.09. The Morgan fingerprint density at radius 1 is 1.29 bits per heavy atom. The second kappa shape index (κ2) is 2.11. The number of aliphatic hydroxyl groups is 1. The molecule has 1 nitrogen and oxygen atoms in total. The number of allylic oxidation sites excluding steroid dienone is 2. The number of fused-ring (bicyclic) bond motifs is 1. The summed E-state index contributed by atoms with van der Waals surface area (Å²) in [6, 6.07) is 0. The Kier molecular flexibility index (Phi) is 1.35. The van der Waals surface area contributed by atoms with Gasteiger partial charge in [0.05, 0.1) is 5.60 Å². The molecule has 0 amide bonds. The van der Waals surface area contributed by atoms with E-state index in [9.17, 15) is 5.11 Å². The van der Waals surface area contributed by atoms with Crippen molar-refractivity contribution in [2.45, 2.75) is 45.6 Å². The summed E-state index contributed by atoms with van der Waals surface area (Å²) in [5, 5.41) is 9.99. The highest BCUT2D eigenvalue weighted by Crippen LogP contribution is 2.94. The minimum atomic E-state index is -0.438. The van der Waals surface area contributed by atoms with E-state index in [0.717, 1.165) is 5.92 Å². The van der Waals surface area contributed by atoms with Gasteiger partial charge in [-0.2, -0.15) is 0 Å². The van der Waals surface area contributed by atoms with Crippen LogP contribution >= 0.6 is 0 Å². The van der Waals surface area contributed by atoms with Crippen LogP contribution in [0.3, 0.4) is 0 Å². The lowest BCUT2D eigenvalue weighted by Crippen LogP contribution is -2.23. The van der Waals surface area contributed by atoms with Crippen LogP contribution in [0.5, 0.6) is 0 Å². The van der Waals surface area contributed by atoms with Gasteiger partial charge in [0.25, 0.3) is 0 Å². The van der Waals surface area contributed by atoms with Crippen molar-refractivity contribution in [2.75, 3.05) is 0 Å². The van der Waals surface area contributed by atoms with E-state index < -0.39 is 5.60 Å². The molecule has 3 fully saturated rings. The van der Waals surface area contributed by atoms with Crippen LogP contribution in [-0.2, 0) is 0 Å². The van der Waals surface area contributed by atoms with E-state index in [2.05, 4.69) is 19.1 Å². The summed E-state index contributed by atoms with van der Waals surface area (Å²) in [5.74, 6) is 1.44. The van der Waals surface area contributed by atoms with Crippen LogP contribution in [0.15, 0.2) is 12.2 Å². The first-order chi connectivity index (χ1) is 6.46. The van der Waals surface area contributed by atoms with Gasteiger partial charge >= 0.3 is 0 Å². The number of rotatable bonds is 2. The summed E-state index contributed by atoms with van der Waals surface area (Å²) in [5.41, 5.74) is 0.798. The van der Waals surface area contributed by atoms with Gasteiger partial charge in [-0.3, -0.25) is 0 Å². The fraction of sp³-hybridized carbons (Fsp3) is 0.846. The van der Waals surface area contributed by atoms with Gasteiger partial charge in [-0.15, -0.1) is 0 Å². The molecule has 3 aliphatic carbocycles. The maximum atomic E-state index is 9.99. The zero-order valence-corrected chi connectivity index (χ0v) is 9.38. The van der Waals surface area contributed by atoms with Gasteiger partial charge in [0, 0.05) is 0 Å². The van der Waals surface area contributed by atoms with Crippen LogP contribution < -0.4 is 0 Å². The van der Waals surface area contributed by atoms with Gasteiger partial charge in [-0.1, -0.05) is 12.2 Å². The van der Waals surface area contributed by atoms with E-state index in [1.807, 2.05) is 13.8 Å². The van der Waals surface area contributed by atoms with Crippen molar-refractivity contribution in [3.05, 3.63) is 12.2 Å². The van der Waals surface area contributed by atoms with Crippen LogP contribution in [0, 0.1) is 22.7 Å². The van der Waals surface area contributed by atoms with Crippen molar-refractivity contribution < 1.29 is 5.11 Å². The molecule has 14 heavy (non-hydrogen) atoms. The van der Waals surface area contributed by atoms with Gasteiger partial charge in [0.1, 0.15) is 0 Å². The molecular formula is C13H20O. The Morgan fingerprint density at radius 2 is 2.00 bits per heavy atom. The van der Waals surface area contributed by atoms with E-state index in [1.165, 1.54) is 19.3 Å². The molecule has 0 aromatic heterocycles. The van der Waals surface area contributed by atoms with Gasteiger partial charge in [0.2, 0.25) is 0 Å². The van der Waals surface area contributed by atoms with Crippen molar-refractivity contribution in [3.8, 4) is 0 Å². The summed E-state index contributed by atoms with van der Waals surface area (Å²) in [6.07, 6.45) is 8.62. The standard InChI is InChI=1S/C13H20O/c1-4-5-9-6-12(9)8-13(12)7-10(13)11(2,3)14/h4-5,9-10,14H,6-8H2,1-3H3/t9?,10-,12?,13?/m1/s1. The topological polar surface area (TPSA) is 20.2 Å². The highest BCUT2D eigenvalue weighted by molar-refractivity contribution is 5.39. The van der Waals surface area contributed by atoms with E-state index in [-0.39, 0.29) is 0 Å². The third-order valence-corrected chi connectivity index (χ3v) is 4.98. The summed E-state index contributed by atoms with van der Waals surface area (Å²) >= 11 is 0. The first-order valence-electron chi connectivity index (χ1n) is 5.81. The normalized spacial score (nSPS) is 54.6. The molecule has 78 valence electrons. The minimum Gasteiger partial charge on any atom is -0.390 e. The Morgan fingerprint density at radius 3 is 2.50 bits per heavy atom. The number of hydrogen-bond acceptors (Lipinski definition) is 1. The quantitative estimate of drug-likeness (QED) is 0.667. The average Bonchev–Trinajstić information content (AvgIpc) is 2.91. The minimum absolute atomic E-state index is 0.438. The molecule has 3 saturated carbocycles. The molecule has 0 aliphatic heterocycles. The van der Waals surface area contributed by atoms with Crippen molar-refractivity contribution >= 4 is 0 Å². The van der Waals surface area contributed by atoms with Crippen molar-refractivity contribution in [2.24, 2.45) is 22.7 Å². The molecule has 0 saturated heterocycles. The largest absolute Gasteiger partial charge is 0.390 e. The zero-order valence-electron chi connectivity index (χ0n) is 9.38. The zero-order chi connectivity index (χ0) is 10.2. The van der Waals surface area contributed by atoms with Gasteiger partial charge in [0.15, 0.2) is 0 Å². The molecule has 0 bridgehead atoms. The molecule has 0 aromatic rings. The lowest BCUT2D eigenvalue weighted by molar-refractivity contribution is 0.0477. The molecule has 3 rings (SSSR count). The average molecular weight is 192 g/mol. The van der Waals surface area contributed by atoms with Crippen molar-refractivity contribution in [3.63, 3.8) is 0 Å². The second-order valence-electron chi connectivity index (χ2n) is 6.24. The number of hydrogen-bond donors (Lipinski definition) is 1. The molecule has 4 atom stereocenters. The molecule has 3 aliphatic rings. The molecular weight excluding hydrogens is 172 g/mol. The third-order valence-electron chi connectivity index (χ3n) is 4.98. The highest BCUT2D eigenvalue weighted by Gasteiger charge is 2.88. The summed E-state index contributed by atoms with van der Waals surface area (Å²) < 4.78 is 0. The smallest absolute Gasteiger partial charge is 0.0625 e. The second-order valence-corrected chi connectivity index (χ2v) is 6.24. The van der Waals surface area contributed by atoms with Crippen LogP contribution in [0.1, 0.15) is 40.0 Å². The van der Waals surface area contributed by atoms with E-state index in [1.54, 1.807) is 0 Å². The molecule has 1 heteroatoms. The summed E-state index contributed by atoms with van der Waals surface area (Å²) in [6.45, 7) is 6.07. The van der Waals surface area contributed by atoms with Crippen LogP contribution in [0.2, 0.25) is 0 Å². The maximum Gasteiger partial charge on any atom is 0.0625 e. The molecule has 3 unspecified atom stereocenters. The molecule has 0 aromatic carbocycles. The molecule has 2 spiro atoms. The van der Waals surface area contributed by atoms with E-state index in [0.29, 0.717) is 16.7 Å². The predicted molar refractivity (Wildman–Crippen MR) is 56.8 cm³/mol. The van der Waals surface area contributed by atoms with E-state index >= 15 is 0 Å². The fourth-order valence-corrected chi connectivity index (χ4v) is 4.09. The van der Waals surface area contributed by atoms with Crippen LogP contribution in [-0.4, -0.2) is 10.7 Å². The third kappa shape index (κ3) is 0.850. The lowest BCUT2D eigenvalue weighted by Gasteiger charge is -2.16. The van der Waals surface area contributed by atoms with Crippen LogP contribution in [0.25, 0.3) is 0 Å². The highest BCUT2D eigenvalue weighted by atomic mass is 16.3. The monoisotopic (exact) mass is 192 g/mol. The summed E-state index contributed by atoms with van der Waals surface area (Å²) in [7, 11) is 0. The Balaban J connectivity index is 1.72. The Bertz CT molecular complexity index is 312. The Labute approximate surface area is 86.2 Å². The molecule has 0 heterocycles. The summed E-state index contributed by atoms with van der Waals surface area (Å²) in [4.78, 5) is 0. The van der Waals surface area contributed by atoms with Gasteiger partial charge in [-0.25, -0.2) is 0 Å². The van der Waals surface area contributed by atoms with Gasteiger partial charge < -0.3 is 5.11 Å². The van der Waals surface area contributed by atoms with Crippen LogP contribution in [0.4, 0.5) is 0 Å². The molecule has 1 N–H and O–H groups in total. The Hall–Kier alpha value is -0.300. The van der Waals surface area contributed by atoms with Crippen molar-refractivity contribution in [1.29, 1.82) is 0 Å². The first-order valence-corrected chi connectivity index (χ1v) is 5.81. The van der Waals surface area contributed by atoms with E-state index in [4.69, 9.17) is 0 Å². The van der Waals surface area contributed by atoms with Crippen molar-refractivity contribution in [1.82, 2.24) is 0 Å². The SMILES string of the molecule is CC=CC1CC12CC21C[C@@H]1C(C)(C)O. The first kappa shape index (κ1) is 8.96. The van der Waals surface area contributed by atoms with Gasteiger partial charge in [-0.05, 0) is 62.7 Å².